The topological polar surface area (TPSA) is 65.4 Å². The Kier molecular flexibility index (Phi) is 2.68. The minimum Gasteiger partial charge on any atom is -0.506 e. The average Bonchev–Trinajstić information content (AvgIpc) is 2.04. The van der Waals surface area contributed by atoms with Gasteiger partial charge < -0.3 is 15.5 Å². The highest BCUT2D eigenvalue weighted by Gasteiger charge is 1.91. The third-order valence-corrected chi connectivity index (χ3v) is 1.17. The zero-order valence-corrected chi connectivity index (χ0v) is 5.99. The molecule has 0 atom stereocenters. The van der Waals surface area contributed by atoms with Gasteiger partial charge in [-0.1, -0.05) is 0 Å². The molecule has 4 heteroatoms. The van der Waals surface area contributed by atoms with Crippen LogP contribution in [-0.2, 0) is 0 Å². The van der Waals surface area contributed by atoms with Crippen molar-refractivity contribution in [3.63, 3.8) is 0 Å². The van der Waals surface area contributed by atoms with E-state index in [-0.39, 0.29) is 12.4 Å². The zero-order chi connectivity index (χ0) is 8.10. The summed E-state index contributed by atoms with van der Waals surface area (Å²) in [5.41, 5.74) is 0. The van der Waals surface area contributed by atoms with E-state index in [1.165, 1.54) is 12.3 Å². The van der Waals surface area contributed by atoms with Gasteiger partial charge in [0.2, 0.25) is 0 Å². The maximum absolute atomic E-state index is 8.84. The van der Waals surface area contributed by atoms with E-state index >= 15 is 0 Å². The maximum Gasteiger partial charge on any atom is 0.134 e. The summed E-state index contributed by atoms with van der Waals surface area (Å²) in [7, 11) is 0. The molecular formula is C7H10N2O2. The van der Waals surface area contributed by atoms with Crippen molar-refractivity contribution in [2.24, 2.45) is 0 Å². The SMILES string of the molecule is OCCNc1ccc(O)cn1. The van der Waals surface area contributed by atoms with Gasteiger partial charge in [0.25, 0.3) is 0 Å². The molecule has 0 unspecified atom stereocenters. The Morgan fingerprint density at radius 2 is 2.27 bits per heavy atom. The third kappa shape index (κ3) is 2.43. The minimum absolute atomic E-state index is 0.0720. The summed E-state index contributed by atoms with van der Waals surface area (Å²) in [5.74, 6) is 0.788. The molecular weight excluding hydrogens is 144 g/mol. The number of nitrogens with zero attached hydrogens (tertiary/aromatic N) is 1. The van der Waals surface area contributed by atoms with Crippen LogP contribution in [0.25, 0.3) is 0 Å². The molecule has 1 rings (SSSR count). The predicted octanol–water partition coefficient (Wildman–Crippen LogP) is 0.191. The molecule has 0 bridgehead atoms. The van der Waals surface area contributed by atoms with Crippen molar-refractivity contribution in [3.05, 3.63) is 18.3 Å². The van der Waals surface area contributed by atoms with Gasteiger partial charge >= 0.3 is 0 Å². The number of rotatable bonds is 3. The molecule has 0 fully saturated rings. The first kappa shape index (κ1) is 7.81. The predicted molar refractivity (Wildman–Crippen MR) is 41.5 cm³/mol. The number of pyridine rings is 1. The number of anilines is 1. The van der Waals surface area contributed by atoms with Gasteiger partial charge in [0, 0.05) is 6.54 Å². The first-order chi connectivity index (χ1) is 5.33. The van der Waals surface area contributed by atoms with E-state index in [1.54, 1.807) is 6.07 Å². The maximum atomic E-state index is 8.84. The molecule has 1 aromatic rings. The van der Waals surface area contributed by atoms with Crippen molar-refractivity contribution in [3.8, 4) is 5.75 Å². The fourth-order valence-electron chi connectivity index (χ4n) is 0.675. The molecule has 1 heterocycles. The number of hydrogen-bond donors (Lipinski definition) is 3. The molecule has 0 aromatic carbocycles. The Labute approximate surface area is 64.5 Å². The molecule has 11 heavy (non-hydrogen) atoms. The van der Waals surface area contributed by atoms with Crippen LogP contribution in [0.15, 0.2) is 18.3 Å². The van der Waals surface area contributed by atoms with Crippen LogP contribution >= 0.6 is 0 Å². The average molecular weight is 154 g/mol. The minimum atomic E-state index is 0.0720. The van der Waals surface area contributed by atoms with Gasteiger partial charge in [0.15, 0.2) is 0 Å². The van der Waals surface area contributed by atoms with Gasteiger partial charge in [-0.05, 0) is 12.1 Å². The second-order valence-electron chi connectivity index (χ2n) is 2.05. The summed E-state index contributed by atoms with van der Waals surface area (Å²) in [6, 6.07) is 3.18. The van der Waals surface area contributed by atoms with Crippen molar-refractivity contribution in [2.45, 2.75) is 0 Å². The normalized spacial score (nSPS) is 9.55. The van der Waals surface area contributed by atoms with Crippen molar-refractivity contribution in [2.75, 3.05) is 18.5 Å². The van der Waals surface area contributed by atoms with Crippen LogP contribution in [0.5, 0.6) is 5.75 Å². The molecule has 0 saturated heterocycles. The van der Waals surface area contributed by atoms with E-state index < -0.39 is 0 Å². The number of aromatic nitrogens is 1. The van der Waals surface area contributed by atoms with Gasteiger partial charge in [-0.2, -0.15) is 0 Å². The molecule has 60 valence electrons. The van der Waals surface area contributed by atoms with Crippen molar-refractivity contribution in [1.82, 2.24) is 4.98 Å². The molecule has 0 aliphatic rings. The van der Waals surface area contributed by atoms with Gasteiger partial charge in [0.05, 0.1) is 12.8 Å². The Bertz CT molecular complexity index is 210. The fourth-order valence-corrected chi connectivity index (χ4v) is 0.675. The first-order valence-electron chi connectivity index (χ1n) is 3.32. The molecule has 3 N–H and O–H groups in total. The molecule has 0 saturated carbocycles. The van der Waals surface area contributed by atoms with Gasteiger partial charge in [-0.25, -0.2) is 4.98 Å². The van der Waals surface area contributed by atoms with Crippen molar-refractivity contribution in [1.29, 1.82) is 0 Å². The Balaban J connectivity index is 2.52. The molecule has 0 amide bonds. The Hall–Kier alpha value is -1.29. The summed E-state index contributed by atoms with van der Waals surface area (Å²) < 4.78 is 0. The molecule has 1 aromatic heterocycles. The standard InChI is InChI=1S/C7H10N2O2/c10-4-3-8-7-2-1-6(11)5-9-7/h1-2,5,10-11H,3-4H2,(H,8,9). The van der Waals surface area contributed by atoms with E-state index in [0.29, 0.717) is 12.4 Å². The lowest BCUT2D eigenvalue weighted by molar-refractivity contribution is 0.311. The molecule has 0 aliphatic carbocycles. The number of hydrogen-bond acceptors (Lipinski definition) is 4. The molecule has 0 radical (unpaired) electrons. The molecule has 0 aliphatic heterocycles. The summed E-state index contributed by atoms with van der Waals surface area (Å²) in [5, 5.41) is 20.1. The van der Waals surface area contributed by atoms with Crippen LogP contribution in [0.1, 0.15) is 0 Å². The number of aliphatic hydroxyl groups excluding tert-OH is 1. The highest BCUT2D eigenvalue weighted by molar-refractivity contribution is 5.36. The number of aliphatic hydroxyl groups is 1. The second kappa shape index (κ2) is 3.78. The lowest BCUT2D eigenvalue weighted by Crippen LogP contribution is -2.06. The molecule has 4 nitrogen and oxygen atoms in total. The van der Waals surface area contributed by atoms with Crippen molar-refractivity contribution < 1.29 is 10.2 Å². The zero-order valence-electron chi connectivity index (χ0n) is 5.99. The van der Waals surface area contributed by atoms with Crippen LogP contribution in [0.4, 0.5) is 5.82 Å². The summed E-state index contributed by atoms with van der Waals surface area (Å²) >= 11 is 0. The fraction of sp³-hybridized carbons (Fsp3) is 0.286. The third-order valence-electron chi connectivity index (χ3n) is 1.17. The summed E-state index contributed by atoms with van der Waals surface area (Å²) in [6.07, 6.45) is 1.35. The van der Waals surface area contributed by atoms with E-state index in [2.05, 4.69) is 10.3 Å². The smallest absolute Gasteiger partial charge is 0.134 e. The quantitative estimate of drug-likeness (QED) is 0.581. The molecule has 0 spiro atoms. The number of aromatic hydroxyl groups is 1. The summed E-state index contributed by atoms with van der Waals surface area (Å²) in [4.78, 5) is 3.84. The van der Waals surface area contributed by atoms with E-state index in [1.807, 2.05) is 0 Å². The van der Waals surface area contributed by atoms with Crippen LogP contribution in [0.2, 0.25) is 0 Å². The second-order valence-corrected chi connectivity index (χ2v) is 2.05. The highest BCUT2D eigenvalue weighted by Crippen LogP contribution is 2.08. The van der Waals surface area contributed by atoms with Crippen LogP contribution in [-0.4, -0.2) is 28.3 Å². The lowest BCUT2D eigenvalue weighted by atomic mass is 10.4. The first-order valence-corrected chi connectivity index (χ1v) is 3.32. The Morgan fingerprint density at radius 3 is 2.82 bits per heavy atom. The number of nitrogens with one attached hydrogen (secondary N) is 1. The van der Waals surface area contributed by atoms with Crippen LogP contribution < -0.4 is 5.32 Å². The summed E-state index contributed by atoms with van der Waals surface area (Å²) in [6.45, 7) is 0.542. The van der Waals surface area contributed by atoms with Gasteiger partial charge in [-0.15, -0.1) is 0 Å². The van der Waals surface area contributed by atoms with E-state index in [9.17, 15) is 0 Å². The van der Waals surface area contributed by atoms with Crippen molar-refractivity contribution >= 4 is 5.82 Å². The van der Waals surface area contributed by atoms with Crippen LogP contribution in [0, 0.1) is 0 Å². The van der Waals surface area contributed by atoms with E-state index in [0.717, 1.165) is 0 Å². The monoisotopic (exact) mass is 154 g/mol. The Morgan fingerprint density at radius 1 is 1.45 bits per heavy atom. The lowest BCUT2D eigenvalue weighted by Gasteiger charge is -2.01. The van der Waals surface area contributed by atoms with Crippen LogP contribution in [0.3, 0.4) is 0 Å². The highest BCUT2D eigenvalue weighted by atomic mass is 16.3. The van der Waals surface area contributed by atoms with Gasteiger partial charge in [-0.3, -0.25) is 0 Å². The van der Waals surface area contributed by atoms with E-state index in [4.69, 9.17) is 10.2 Å². The largest absolute Gasteiger partial charge is 0.506 e. The van der Waals surface area contributed by atoms with Gasteiger partial charge in [0.1, 0.15) is 11.6 Å².